The molecule has 1 heterocycles. The Bertz CT molecular complexity index is 887. The number of ether oxygens (including phenoxy) is 4. The van der Waals surface area contributed by atoms with Gasteiger partial charge in [-0.15, -0.1) is 0 Å². The highest BCUT2D eigenvalue weighted by atomic mass is 16.5. The lowest BCUT2D eigenvalue weighted by atomic mass is 10.1. The first-order chi connectivity index (χ1) is 13.3. The molecule has 2 aromatic rings. The Kier molecular flexibility index (Phi) is 6.56. The first-order valence-corrected chi connectivity index (χ1v) is 8.61. The van der Waals surface area contributed by atoms with Crippen molar-refractivity contribution < 1.29 is 28.5 Å². The molecular formula is C20H26N2O6. The first-order valence-electron chi connectivity index (χ1n) is 8.61. The van der Waals surface area contributed by atoms with Gasteiger partial charge in [-0.1, -0.05) is 0 Å². The minimum Gasteiger partial charge on any atom is -0.493 e. The van der Waals surface area contributed by atoms with Crippen molar-refractivity contribution in [2.45, 2.75) is 20.4 Å². The molecule has 0 aliphatic rings. The highest BCUT2D eigenvalue weighted by Crippen LogP contribution is 2.40. The molecule has 2 rings (SSSR count). The van der Waals surface area contributed by atoms with Gasteiger partial charge in [0, 0.05) is 24.8 Å². The molecule has 0 fully saturated rings. The maximum atomic E-state index is 13.0. The summed E-state index contributed by atoms with van der Waals surface area (Å²) in [7, 11) is 7.58. The lowest BCUT2D eigenvalue weighted by molar-refractivity contribution is 0.0599. The number of aromatic amines is 1. The third-order valence-electron chi connectivity index (χ3n) is 4.58. The Morgan fingerprint density at radius 1 is 1.00 bits per heavy atom. The minimum absolute atomic E-state index is 0.257. The third kappa shape index (κ3) is 3.76. The van der Waals surface area contributed by atoms with Gasteiger partial charge in [0.15, 0.2) is 11.5 Å². The summed E-state index contributed by atoms with van der Waals surface area (Å²) < 4.78 is 21.0. The molecule has 1 aromatic carbocycles. The van der Waals surface area contributed by atoms with Crippen LogP contribution in [0.3, 0.4) is 0 Å². The zero-order valence-corrected chi connectivity index (χ0v) is 17.3. The second kappa shape index (κ2) is 8.69. The van der Waals surface area contributed by atoms with Gasteiger partial charge < -0.3 is 28.8 Å². The fourth-order valence-corrected chi connectivity index (χ4v) is 3.18. The van der Waals surface area contributed by atoms with E-state index in [9.17, 15) is 9.59 Å². The average molecular weight is 390 g/mol. The highest BCUT2D eigenvalue weighted by Gasteiger charge is 2.25. The number of methoxy groups -OCH3 is 4. The normalized spacial score (nSPS) is 10.4. The van der Waals surface area contributed by atoms with Gasteiger partial charge in [-0.25, -0.2) is 4.79 Å². The second-order valence-electron chi connectivity index (χ2n) is 6.27. The molecule has 0 radical (unpaired) electrons. The van der Waals surface area contributed by atoms with Crippen LogP contribution >= 0.6 is 0 Å². The van der Waals surface area contributed by atoms with Crippen LogP contribution in [0.15, 0.2) is 12.1 Å². The summed E-state index contributed by atoms with van der Waals surface area (Å²) in [5, 5.41) is 0. The van der Waals surface area contributed by atoms with E-state index in [2.05, 4.69) is 4.98 Å². The predicted octanol–water partition coefficient (Wildman–Crippen LogP) is 2.72. The van der Waals surface area contributed by atoms with Gasteiger partial charge in [-0.2, -0.15) is 0 Å². The van der Waals surface area contributed by atoms with Gasteiger partial charge in [-0.05, 0) is 31.5 Å². The van der Waals surface area contributed by atoms with Crippen molar-refractivity contribution in [3.05, 3.63) is 40.2 Å². The van der Waals surface area contributed by atoms with Gasteiger partial charge in [0.1, 0.15) is 5.69 Å². The quantitative estimate of drug-likeness (QED) is 0.731. The molecule has 8 nitrogen and oxygen atoms in total. The number of H-pyrrole nitrogens is 1. The summed E-state index contributed by atoms with van der Waals surface area (Å²) >= 11 is 0. The lowest BCUT2D eigenvalue weighted by Crippen LogP contribution is -2.27. The second-order valence-corrected chi connectivity index (χ2v) is 6.27. The van der Waals surface area contributed by atoms with Crippen LogP contribution in [-0.2, 0) is 11.3 Å². The topological polar surface area (TPSA) is 90.1 Å². The molecule has 28 heavy (non-hydrogen) atoms. The largest absolute Gasteiger partial charge is 0.493 e. The van der Waals surface area contributed by atoms with Crippen LogP contribution in [0.5, 0.6) is 17.2 Å². The number of carbonyl (C=O) groups excluding carboxylic acids is 2. The molecule has 1 N–H and O–H groups in total. The summed E-state index contributed by atoms with van der Waals surface area (Å²) in [6.45, 7) is 3.72. The van der Waals surface area contributed by atoms with Gasteiger partial charge in [0.2, 0.25) is 5.75 Å². The first kappa shape index (κ1) is 21.1. The van der Waals surface area contributed by atoms with Crippen LogP contribution < -0.4 is 14.2 Å². The number of nitrogens with one attached hydrogen (secondary N) is 1. The minimum atomic E-state index is -0.477. The van der Waals surface area contributed by atoms with Crippen LogP contribution in [0, 0.1) is 13.8 Å². The number of esters is 1. The van der Waals surface area contributed by atoms with Crippen molar-refractivity contribution >= 4 is 11.9 Å². The molecule has 0 spiro atoms. The van der Waals surface area contributed by atoms with E-state index in [1.54, 1.807) is 34.1 Å². The number of carbonyl (C=O) groups is 2. The zero-order valence-electron chi connectivity index (χ0n) is 17.3. The third-order valence-corrected chi connectivity index (χ3v) is 4.58. The highest BCUT2D eigenvalue weighted by molar-refractivity contribution is 6.00. The molecule has 0 unspecified atom stereocenters. The molecule has 1 aromatic heterocycles. The van der Waals surface area contributed by atoms with E-state index in [1.165, 1.54) is 26.2 Å². The molecule has 0 atom stereocenters. The lowest BCUT2D eigenvalue weighted by Gasteiger charge is -2.21. The smallest absolute Gasteiger partial charge is 0.339 e. The Balaban J connectivity index is 2.35. The van der Waals surface area contributed by atoms with E-state index in [-0.39, 0.29) is 12.5 Å². The molecule has 0 aliphatic carbocycles. The van der Waals surface area contributed by atoms with Crippen LogP contribution in [0.1, 0.15) is 37.7 Å². The van der Waals surface area contributed by atoms with E-state index in [0.717, 1.165) is 5.56 Å². The summed E-state index contributed by atoms with van der Waals surface area (Å²) in [6.07, 6.45) is 0. The molecule has 152 valence electrons. The number of hydrogen-bond donors (Lipinski definition) is 1. The van der Waals surface area contributed by atoms with Crippen molar-refractivity contribution in [2.75, 3.05) is 35.5 Å². The predicted molar refractivity (Wildman–Crippen MR) is 104 cm³/mol. The summed E-state index contributed by atoms with van der Waals surface area (Å²) in [6, 6.07) is 3.57. The van der Waals surface area contributed by atoms with Crippen LogP contribution in [0.2, 0.25) is 0 Å². The van der Waals surface area contributed by atoms with E-state index in [0.29, 0.717) is 39.8 Å². The monoisotopic (exact) mass is 390 g/mol. The molecule has 1 amide bonds. The maximum Gasteiger partial charge on any atom is 0.339 e. The van der Waals surface area contributed by atoms with E-state index in [4.69, 9.17) is 18.9 Å². The maximum absolute atomic E-state index is 13.0. The van der Waals surface area contributed by atoms with Gasteiger partial charge >= 0.3 is 5.97 Å². The molecule has 0 aliphatic heterocycles. The van der Waals surface area contributed by atoms with E-state index in [1.807, 2.05) is 6.07 Å². The Morgan fingerprint density at radius 2 is 1.64 bits per heavy atom. The Morgan fingerprint density at radius 3 is 2.18 bits per heavy atom. The Hall–Kier alpha value is -3.16. The summed E-state index contributed by atoms with van der Waals surface area (Å²) in [4.78, 5) is 29.5. The van der Waals surface area contributed by atoms with Gasteiger partial charge in [0.05, 0.1) is 34.0 Å². The fraction of sp³-hybridized carbons (Fsp3) is 0.400. The average Bonchev–Trinajstić information content (AvgIpc) is 2.99. The number of aryl methyl sites for hydroxylation is 1. The van der Waals surface area contributed by atoms with Crippen LogP contribution in [-0.4, -0.2) is 57.2 Å². The number of amides is 1. The van der Waals surface area contributed by atoms with Gasteiger partial charge in [0.25, 0.3) is 5.91 Å². The van der Waals surface area contributed by atoms with Crippen molar-refractivity contribution in [1.29, 1.82) is 0 Å². The fourth-order valence-electron chi connectivity index (χ4n) is 3.18. The van der Waals surface area contributed by atoms with Gasteiger partial charge in [-0.3, -0.25) is 4.79 Å². The van der Waals surface area contributed by atoms with Crippen molar-refractivity contribution in [3.8, 4) is 17.2 Å². The molecule has 0 bridgehead atoms. The van der Waals surface area contributed by atoms with Crippen molar-refractivity contribution in [2.24, 2.45) is 0 Å². The van der Waals surface area contributed by atoms with Crippen LogP contribution in [0.25, 0.3) is 0 Å². The molecule has 8 heteroatoms. The molecule has 0 saturated carbocycles. The van der Waals surface area contributed by atoms with Crippen molar-refractivity contribution in [3.63, 3.8) is 0 Å². The number of aromatic nitrogens is 1. The van der Waals surface area contributed by atoms with E-state index < -0.39 is 5.97 Å². The number of hydrogen-bond acceptors (Lipinski definition) is 6. The molecule has 0 saturated heterocycles. The van der Waals surface area contributed by atoms with E-state index >= 15 is 0 Å². The summed E-state index contributed by atoms with van der Waals surface area (Å²) in [5.74, 6) is 0.761. The zero-order chi connectivity index (χ0) is 21.0. The number of nitrogens with zero attached hydrogens (tertiary/aromatic N) is 1. The Labute approximate surface area is 164 Å². The van der Waals surface area contributed by atoms with Crippen LogP contribution in [0.4, 0.5) is 0 Å². The van der Waals surface area contributed by atoms with Crippen molar-refractivity contribution in [1.82, 2.24) is 9.88 Å². The summed E-state index contributed by atoms with van der Waals surface area (Å²) in [5.41, 5.74) is 2.62. The standard InChI is InChI=1S/C20H26N2O6/c1-11-15(20(24)28-7)12(2)21-16(11)19(23)22(3)10-13-8-9-14(25-4)18(27-6)17(13)26-5/h8-9,21H,10H2,1-7H3. The molecular weight excluding hydrogens is 364 g/mol. The number of rotatable bonds is 7. The SMILES string of the molecule is COC(=O)c1c(C)[nH]c(C(=O)N(C)Cc2ccc(OC)c(OC)c2OC)c1C. The number of benzene rings is 1.